The maximum Gasteiger partial charge on any atom is 0.145 e. The number of aryl methyl sites for hydroxylation is 1. The molecule has 0 aromatic carbocycles. The van der Waals surface area contributed by atoms with Crippen LogP contribution < -0.4 is 5.73 Å². The number of aliphatic hydroxyl groups is 2. The summed E-state index contributed by atoms with van der Waals surface area (Å²) >= 11 is 0. The van der Waals surface area contributed by atoms with Gasteiger partial charge in [-0.3, -0.25) is 0 Å². The van der Waals surface area contributed by atoms with E-state index >= 15 is 0 Å². The van der Waals surface area contributed by atoms with Crippen molar-refractivity contribution < 1.29 is 14.9 Å². The monoisotopic (exact) mass is 420 g/mol. The fraction of sp³-hybridized carbons (Fsp3) is 0.409. The van der Waals surface area contributed by atoms with Gasteiger partial charge >= 0.3 is 0 Å². The lowest BCUT2D eigenvalue weighted by Crippen LogP contribution is -2.37. The number of nitrogen functional groups attached to an aromatic ring is 1. The van der Waals surface area contributed by atoms with Gasteiger partial charge in [-0.1, -0.05) is 0 Å². The second-order valence-corrected chi connectivity index (χ2v) is 8.88. The molecule has 160 valence electrons. The number of anilines is 1. The van der Waals surface area contributed by atoms with Gasteiger partial charge in [-0.05, 0) is 43.5 Å². The van der Waals surface area contributed by atoms with Gasteiger partial charge in [0.2, 0.25) is 0 Å². The van der Waals surface area contributed by atoms with E-state index in [1.54, 1.807) is 0 Å². The van der Waals surface area contributed by atoms with Crippen molar-refractivity contribution in [3.63, 3.8) is 0 Å². The van der Waals surface area contributed by atoms with Crippen molar-refractivity contribution in [1.29, 1.82) is 0 Å². The molecule has 31 heavy (non-hydrogen) atoms. The van der Waals surface area contributed by atoms with Gasteiger partial charge in [0.05, 0.1) is 30.2 Å². The number of fused-ring (bicyclic) bond motifs is 2. The highest BCUT2D eigenvalue weighted by molar-refractivity contribution is 5.86. The standard InChI is InChI=1S/C22H24N6O3/c1-12-9-24-17-6-13(2-4-27(12)17)16-8-22(10-31-16)7-15(18(29)19(22)30)28-5-3-14-20(23)25-11-26-21(14)28/h2-6,9,11,15-16,18-19,29-30H,7-8,10H2,1H3,(H2,23,25,26)/t15-,16-,18+,19+,22-/m1/s1. The molecule has 4 aromatic rings. The lowest BCUT2D eigenvalue weighted by atomic mass is 9.80. The largest absolute Gasteiger partial charge is 0.390 e. The summed E-state index contributed by atoms with van der Waals surface area (Å²) in [6.07, 6.45) is 6.37. The van der Waals surface area contributed by atoms with Crippen LogP contribution in [-0.2, 0) is 4.74 Å². The molecule has 4 aromatic heterocycles. The molecule has 9 heteroatoms. The summed E-state index contributed by atoms with van der Waals surface area (Å²) in [5.74, 6) is 0.403. The Morgan fingerprint density at radius 2 is 2.03 bits per heavy atom. The lowest BCUT2D eigenvalue weighted by molar-refractivity contribution is -0.0309. The first-order valence-corrected chi connectivity index (χ1v) is 10.5. The predicted molar refractivity (Wildman–Crippen MR) is 113 cm³/mol. The van der Waals surface area contributed by atoms with E-state index in [2.05, 4.69) is 15.0 Å². The molecule has 6 rings (SSSR count). The van der Waals surface area contributed by atoms with Gasteiger partial charge in [0.15, 0.2) is 0 Å². The third-order valence-electron chi connectivity index (χ3n) is 7.12. The fourth-order valence-electron chi connectivity index (χ4n) is 5.39. The second-order valence-electron chi connectivity index (χ2n) is 8.88. The zero-order valence-electron chi connectivity index (χ0n) is 17.1. The summed E-state index contributed by atoms with van der Waals surface area (Å²) < 4.78 is 10.1. The molecular weight excluding hydrogens is 396 g/mol. The number of aliphatic hydroxyl groups excluding tert-OH is 2. The smallest absolute Gasteiger partial charge is 0.145 e. The van der Waals surface area contributed by atoms with Crippen molar-refractivity contribution >= 4 is 22.5 Å². The van der Waals surface area contributed by atoms with Crippen LogP contribution in [0.5, 0.6) is 0 Å². The summed E-state index contributed by atoms with van der Waals surface area (Å²) in [6.45, 7) is 2.40. The molecule has 5 heterocycles. The SMILES string of the molecule is Cc1cnc2cc([C@H]3C[C@@]4(CO3)C[C@@H](n3ccc5c(N)ncnc53)[C@H](O)[C@@H]4O)ccn12. The molecule has 1 aliphatic heterocycles. The van der Waals surface area contributed by atoms with Gasteiger partial charge in [0.1, 0.15) is 29.5 Å². The van der Waals surface area contributed by atoms with Crippen molar-refractivity contribution in [2.45, 2.75) is 44.1 Å². The molecule has 0 bridgehead atoms. The number of rotatable bonds is 2. The summed E-state index contributed by atoms with van der Waals surface area (Å²) in [4.78, 5) is 12.8. The Kier molecular flexibility index (Phi) is 3.92. The number of nitrogens with two attached hydrogens (primary N) is 1. The minimum absolute atomic E-state index is 0.151. The number of hydrogen-bond acceptors (Lipinski definition) is 7. The highest BCUT2D eigenvalue weighted by atomic mass is 16.5. The number of nitrogens with zero attached hydrogens (tertiary/aromatic N) is 5. The molecule has 2 aliphatic rings. The average molecular weight is 420 g/mol. The zero-order valence-corrected chi connectivity index (χ0v) is 17.1. The molecule has 1 saturated heterocycles. The Balaban J connectivity index is 1.31. The Labute approximate surface area is 178 Å². The zero-order chi connectivity index (χ0) is 21.3. The van der Waals surface area contributed by atoms with E-state index in [1.807, 2.05) is 52.7 Å². The van der Waals surface area contributed by atoms with Crippen LogP contribution in [0.4, 0.5) is 5.82 Å². The molecule has 1 spiro atoms. The maximum absolute atomic E-state index is 11.1. The van der Waals surface area contributed by atoms with Crippen molar-refractivity contribution in [3.8, 4) is 0 Å². The molecule has 2 fully saturated rings. The third-order valence-corrected chi connectivity index (χ3v) is 7.12. The van der Waals surface area contributed by atoms with Gasteiger partial charge < -0.3 is 29.7 Å². The molecule has 5 atom stereocenters. The molecule has 4 N–H and O–H groups in total. The van der Waals surface area contributed by atoms with E-state index in [1.165, 1.54) is 6.33 Å². The Morgan fingerprint density at radius 3 is 2.90 bits per heavy atom. The van der Waals surface area contributed by atoms with Crippen LogP contribution in [0.3, 0.4) is 0 Å². The normalized spacial score (nSPS) is 30.8. The molecule has 0 unspecified atom stereocenters. The Hall–Kier alpha value is -3.01. The van der Waals surface area contributed by atoms with Gasteiger partial charge in [-0.25, -0.2) is 15.0 Å². The molecule has 0 amide bonds. The van der Waals surface area contributed by atoms with Crippen LogP contribution in [-0.4, -0.2) is 52.9 Å². The molecule has 1 aliphatic carbocycles. The number of aromatic nitrogens is 5. The fourth-order valence-corrected chi connectivity index (χ4v) is 5.39. The summed E-state index contributed by atoms with van der Waals surface area (Å²) in [5.41, 5.74) is 9.09. The van der Waals surface area contributed by atoms with Crippen molar-refractivity contribution in [2.24, 2.45) is 5.41 Å². The van der Waals surface area contributed by atoms with Gasteiger partial charge in [0, 0.05) is 29.7 Å². The Morgan fingerprint density at radius 1 is 1.16 bits per heavy atom. The van der Waals surface area contributed by atoms with Crippen molar-refractivity contribution in [2.75, 3.05) is 12.3 Å². The number of imidazole rings is 1. The minimum atomic E-state index is -0.924. The summed E-state index contributed by atoms with van der Waals surface area (Å²) in [7, 11) is 0. The highest BCUT2D eigenvalue weighted by Crippen LogP contribution is 2.54. The highest BCUT2D eigenvalue weighted by Gasteiger charge is 2.57. The molecule has 1 saturated carbocycles. The number of hydrogen-bond donors (Lipinski definition) is 3. The number of pyridine rings is 1. The minimum Gasteiger partial charge on any atom is -0.390 e. The van der Waals surface area contributed by atoms with Crippen molar-refractivity contribution in [1.82, 2.24) is 23.9 Å². The van der Waals surface area contributed by atoms with Crippen LogP contribution >= 0.6 is 0 Å². The van der Waals surface area contributed by atoms with Crippen LogP contribution in [0.15, 0.2) is 43.1 Å². The van der Waals surface area contributed by atoms with Gasteiger partial charge in [-0.15, -0.1) is 0 Å². The first kappa shape index (κ1) is 18.7. The predicted octanol–water partition coefficient (Wildman–Crippen LogP) is 1.78. The lowest BCUT2D eigenvalue weighted by Gasteiger charge is -2.26. The quantitative estimate of drug-likeness (QED) is 0.452. The maximum atomic E-state index is 11.1. The second kappa shape index (κ2) is 6.49. The van der Waals surface area contributed by atoms with Crippen molar-refractivity contribution in [3.05, 3.63) is 54.4 Å². The van der Waals surface area contributed by atoms with E-state index < -0.39 is 17.6 Å². The molecule has 9 nitrogen and oxygen atoms in total. The van der Waals surface area contributed by atoms with E-state index in [9.17, 15) is 10.2 Å². The topological polar surface area (TPSA) is 124 Å². The molecule has 0 radical (unpaired) electrons. The van der Waals surface area contributed by atoms with E-state index in [4.69, 9.17) is 10.5 Å². The van der Waals surface area contributed by atoms with Gasteiger partial charge in [-0.2, -0.15) is 0 Å². The molecular formula is C22H24N6O3. The first-order valence-electron chi connectivity index (χ1n) is 10.5. The third kappa shape index (κ3) is 2.63. The summed E-state index contributed by atoms with van der Waals surface area (Å²) in [6, 6.07) is 5.61. The Bertz CT molecular complexity index is 1300. The summed E-state index contributed by atoms with van der Waals surface area (Å²) in [5, 5.41) is 22.8. The average Bonchev–Trinajstić information content (AvgIpc) is 3.53. The van der Waals surface area contributed by atoms with Crippen LogP contribution in [0.2, 0.25) is 0 Å². The van der Waals surface area contributed by atoms with E-state index in [-0.39, 0.29) is 12.1 Å². The van der Waals surface area contributed by atoms with E-state index in [0.29, 0.717) is 30.9 Å². The van der Waals surface area contributed by atoms with Crippen LogP contribution in [0, 0.1) is 12.3 Å². The first-order chi connectivity index (χ1) is 15.0. The van der Waals surface area contributed by atoms with Crippen LogP contribution in [0.25, 0.3) is 16.7 Å². The van der Waals surface area contributed by atoms with Crippen LogP contribution in [0.1, 0.15) is 36.2 Å². The van der Waals surface area contributed by atoms with E-state index in [0.717, 1.165) is 22.3 Å². The van der Waals surface area contributed by atoms with Gasteiger partial charge in [0.25, 0.3) is 0 Å². The number of ether oxygens (including phenoxy) is 1.